The van der Waals surface area contributed by atoms with Crippen molar-refractivity contribution in [3.8, 4) is 0 Å². The van der Waals surface area contributed by atoms with E-state index in [1.165, 1.54) is 19.2 Å². The summed E-state index contributed by atoms with van der Waals surface area (Å²) < 4.78 is 47.9. The fraction of sp³-hybridized carbons (Fsp3) is 0.222. The molecule has 0 unspecified atom stereocenters. The molecule has 2 rings (SSSR count). The van der Waals surface area contributed by atoms with E-state index in [2.05, 4.69) is 4.98 Å². The molecule has 0 aromatic carbocycles. The van der Waals surface area contributed by atoms with Crippen LogP contribution in [0.25, 0.3) is 5.65 Å². The third-order valence-corrected chi connectivity index (χ3v) is 5.09. The Hall–Kier alpha value is -1.45. The van der Waals surface area contributed by atoms with Crippen LogP contribution in [0.15, 0.2) is 34.4 Å². The molecule has 2 aromatic heterocycles. The zero-order valence-electron chi connectivity index (χ0n) is 9.44. The molecule has 98 valence electrons. The van der Waals surface area contributed by atoms with Crippen molar-refractivity contribution in [3.05, 3.63) is 24.4 Å². The van der Waals surface area contributed by atoms with Crippen molar-refractivity contribution in [2.24, 2.45) is 5.14 Å². The maximum Gasteiger partial charge on any atom is 0.257 e. The lowest BCUT2D eigenvalue weighted by molar-refractivity contribution is 0.576. The van der Waals surface area contributed by atoms with Gasteiger partial charge < -0.3 is 0 Å². The van der Waals surface area contributed by atoms with Gasteiger partial charge in [0.1, 0.15) is 5.65 Å². The molecule has 0 saturated heterocycles. The van der Waals surface area contributed by atoms with E-state index < -0.39 is 29.9 Å². The van der Waals surface area contributed by atoms with Gasteiger partial charge in [0.2, 0.25) is 0 Å². The summed E-state index contributed by atoms with van der Waals surface area (Å²) in [5, 5.41) is 4.07. The van der Waals surface area contributed by atoms with Crippen molar-refractivity contribution in [1.82, 2.24) is 9.38 Å². The second-order valence-electron chi connectivity index (χ2n) is 3.60. The first-order valence-electron chi connectivity index (χ1n) is 5.00. The SMILES string of the molecule is CCS(=O)(=O)c1nc2ccccn2[14c]1S(N)(=O)=O. The Morgan fingerprint density at radius 1 is 1.33 bits per heavy atom. The molecule has 2 heterocycles. The zero-order valence-corrected chi connectivity index (χ0v) is 11.1. The maximum atomic E-state index is 11.8. The maximum absolute atomic E-state index is 11.8. The first kappa shape index (κ1) is 13.0. The van der Waals surface area contributed by atoms with Crippen LogP contribution in [0, 0.1) is 0 Å². The van der Waals surface area contributed by atoms with Crippen LogP contribution in [0.4, 0.5) is 0 Å². The highest BCUT2D eigenvalue weighted by molar-refractivity contribution is 7.93. The van der Waals surface area contributed by atoms with E-state index in [0.29, 0.717) is 0 Å². The summed E-state index contributed by atoms with van der Waals surface area (Å²) in [6.45, 7) is 1.41. The predicted octanol–water partition coefficient (Wildman–Crippen LogP) is -0.225. The predicted molar refractivity (Wildman–Crippen MR) is 64.3 cm³/mol. The molecule has 0 aliphatic rings. The van der Waals surface area contributed by atoms with Crippen molar-refractivity contribution >= 4 is 25.5 Å². The molecule has 0 aliphatic heterocycles. The topological polar surface area (TPSA) is 112 Å². The van der Waals surface area contributed by atoms with Crippen LogP contribution < -0.4 is 5.14 Å². The molecule has 0 radical (unpaired) electrons. The van der Waals surface area contributed by atoms with Crippen molar-refractivity contribution in [2.45, 2.75) is 17.0 Å². The van der Waals surface area contributed by atoms with Crippen LogP contribution in [-0.4, -0.2) is 32.0 Å². The van der Waals surface area contributed by atoms with Crippen LogP contribution in [-0.2, 0) is 19.9 Å². The van der Waals surface area contributed by atoms with E-state index in [-0.39, 0.29) is 11.4 Å². The summed E-state index contributed by atoms with van der Waals surface area (Å²) in [6, 6.07) is 4.69. The molecule has 0 atom stereocenters. The Bertz CT molecular complexity index is 805. The van der Waals surface area contributed by atoms with Gasteiger partial charge >= 0.3 is 0 Å². The largest absolute Gasteiger partial charge is 0.288 e. The number of rotatable bonds is 3. The normalized spacial score (nSPS) is 13.0. The number of hydrogen-bond donors (Lipinski definition) is 1. The number of hydrogen-bond acceptors (Lipinski definition) is 5. The van der Waals surface area contributed by atoms with Gasteiger partial charge in [-0.1, -0.05) is 13.0 Å². The van der Waals surface area contributed by atoms with E-state index >= 15 is 0 Å². The number of fused-ring (bicyclic) bond motifs is 1. The quantitative estimate of drug-likeness (QED) is 0.840. The van der Waals surface area contributed by atoms with Gasteiger partial charge in [0, 0.05) is 6.20 Å². The van der Waals surface area contributed by atoms with E-state index in [4.69, 9.17) is 5.14 Å². The second-order valence-corrected chi connectivity index (χ2v) is 7.27. The van der Waals surface area contributed by atoms with Gasteiger partial charge in [-0.05, 0) is 12.1 Å². The van der Waals surface area contributed by atoms with E-state index in [1.807, 2.05) is 0 Å². The van der Waals surface area contributed by atoms with Crippen LogP contribution in [0.5, 0.6) is 0 Å². The number of nitrogens with zero attached hydrogens (tertiary/aromatic N) is 2. The molecular formula is C9H11N3O4S2. The summed E-state index contributed by atoms with van der Waals surface area (Å²) in [6.07, 6.45) is 1.40. The van der Waals surface area contributed by atoms with Gasteiger partial charge in [-0.3, -0.25) is 4.40 Å². The molecule has 0 amide bonds. The Kier molecular flexibility index (Phi) is 2.92. The molecule has 0 aliphatic carbocycles. The van der Waals surface area contributed by atoms with Crippen LogP contribution >= 0.6 is 0 Å². The monoisotopic (exact) mass is 291 g/mol. The van der Waals surface area contributed by atoms with Gasteiger partial charge in [0.25, 0.3) is 10.0 Å². The van der Waals surface area contributed by atoms with Crippen LogP contribution in [0.2, 0.25) is 0 Å². The standard InChI is InChI=1S/C9H11N3O4S2/c1-2-17(13,14)8-9(18(10,15)16)12-6-4-3-5-7(12)11-8/h3-6H,2H2,1H3,(H2,10,15,16)/i9+2. The molecule has 2 N–H and O–H groups in total. The van der Waals surface area contributed by atoms with Crippen molar-refractivity contribution in [1.29, 1.82) is 0 Å². The summed E-state index contributed by atoms with van der Waals surface area (Å²) in [7, 11) is -7.95. The smallest absolute Gasteiger partial charge is 0.257 e. The number of nitrogens with two attached hydrogens (primary N) is 1. The minimum Gasteiger partial charge on any atom is -0.288 e. The number of imidazole rings is 1. The Morgan fingerprint density at radius 3 is 2.56 bits per heavy atom. The highest BCUT2D eigenvalue weighted by Gasteiger charge is 2.29. The average molecular weight is 291 g/mol. The van der Waals surface area contributed by atoms with Crippen molar-refractivity contribution in [3.63, 3.8) is 0 Å². The molecule has 9 heteroatoms. The van der Waals surface area contributed by atoms with Gasteiger partial charge in [-0.15, -0.1) is 0 Å². The zero-order chi connectivity index (χ0) is 13.6. The molecule has 0 spiro atoms. The third kappa shape index (κ3) is 2.00. The Balaban J connectivity index is 3.00. The fourth-order valence-corrected chi connectivity index (χ4v) is 3.87. The molecule has 18 heavy (non-hydrogen) atoms. The van der Waals surface area contributed by atoms with E-state index in [1.54, 1.807) is 12.1 Å². The second kappa shape index (κ2) is 4.04. The summed E-state index contributed by atoms with van der Waals surface area (Å²) in [5.41, 5.74) is 0.216. The number of aromatic nitrogens is 2. The molecule has 0 fully saturated rings. The van der Waals surface area contributed by atoms with Gasteiger partial charge in [0.15, 0.2) is 19.9 Å². The van der Waals surface area contributed by atoms with E-state index in [0.717, 1.165) is 4.40 Å². The lowest BCUT2D eigenvalue weighted by Crippen LogP contribution is -2.19. The van der Waals surface area contributed by atoms with Gasteiger partial charge in [-0.2, -0.15) is 0 Å². The van der Waals surface area contributed by atoms with Gasteiger partial charge in [0.05, 0.1) is 5.75 Å². The number of pyridine rings is 1. The summed E-state index contributed by atoms with van der Waals surface area (Å²) in [4.78, 5) is 3.84. The highest BCUT2D eigenvalue weighted by atomic mass is 32.2. The number of sulfonamides is 1. The van der Waals surface area contributed by atoms with E-state index in [9.17, 15) is 16.8 Å². The van der Waals surface area contributed by atoms with Crippen LogP contribution in [0.3, 0.4) is 0 Å². The summed E-state index contributed by atoms with van der Waals surface area (Å²) >= 11 is 0. The van der Waals surface area contributed by atoms with Crippen molar-refractivity contribution < 1.29 is 16.8 Å². The fourth-order valence-electron chi connectivity index (χ4n) is 1.55. The van der Waals surface area contributed by atoms with Crippen molar-refractivity contribution in [2.75, 3.05) is 5.75 Å². The van der Waals surface area contributed by atoms with Gasteiger partial charge in [-0.25, -0.2) is 27.0 Å². The number of primary sulfonamides is 1. The first-order chi connectivity index (χ1) is 8.27. The minimum atomic E-state index is -4.19. The van der Waals surface area contributed by atoms with Crippen LogP contribution in [0.1, 0.15) is 6.92 Å². The minimum absolute atomic E-state index is 0.216. The number of sulfone groups is 1. The first-order valence-corrected chi connectivity index (χ1v) is 8.20. The molecule has 0 saturated carbocycles. The Morgan fingerprint density at radius 2 is 2.00 bits per heavy atom. The molecule has 7 nitrogen and oxygen atoms in total. The molecular weight excluding hydrogens is 280 g/mol. The Labute approximate surface area is 104 Å². The average Bonchev–Trinajstić information content (AvgIpc) is 2.68. The molecule has 2 aromatic rings. The highest BCUT2D eigenvalue weighted by Crippen LogP contribution is 2.22. The lowest BCUT2D eigenvalue weighted by atomic mass is 10.5. The lowest BCUT2D eigenvalue weighted by Gasteiger charge is -2.01. The summed E-state index contributed by atoms with van der Waals surface area (Å²) in [5.74, 6) is -0.251. The third-order valence-electron chi connectivity index (χ3n) is 2.40. The molecule has 0 bridgehead atoms.